The summed E-state index contributed by atoms with van der Waals surface area (Å²) in [6, 6.07) is 0. The number of halogens is 2. The summed E-state index contributed by atoms with van der Waals surface area (Å²) in [5, 5.41) is 37.0. The summed E-state index contributed by atoms with van der Waals surface area (Å²) in [5.41, 5.74) is 0. The molecule has 0 saturated carbocycles. The maximum atomic E-state index is 9.42. The second kappa shape index (κ2) is 6.08. The van der Waals surface area contributed by atoms with E-state index < -0.39 is 55.0 Å². The molecule has 0 aromatic rings. The first-order valence-corrected chi connectivity index (χ1v) is 11.0. The first-order chi connectivity index (χ1) is 6.61. The van der Waals surface area contributed by atoms with Crippen LogP contribution in [0.4, 0.5) is 0 Å². The first-order valence-electron chi connectivity index (χ1n) is 3.84. The van der Waals surface area contributed by atoms with Crippen LogP contribution in [0.3, 0.4) is 0 Å². The van der Waals surface area contributed by atoms with Gasteiger partial charge in [-0.1, -0.05) is 0 Å². The molecule has 6 nitrogen and oxygen atoms in total. The molecule has 4 N–H and O–H groups in total. The van der Waals surface area contributed by atoms with E-state index in [1.807, 2.05) is 18.6 Å². The van der Waals surface area contributed by atoms with Crippen LogP contribution in [0.25, 0.3) is 0 Å². The fourth-order valence-corrected chi connectivity index (χ4v) is 3.06. The third kappa shape index (κ3) is 2.87. The van der Waals surface area contributed by atoms with Crippen molar-refractivity contribution in [2.24, 2.45) is 0 Å². The molecule has 0 amide bonds. The molecule has 0 aromatic heterocycles. The summed E-state index contributed by atoms with van der Waals surface area (Å²) in [5.74, 6) is 0. The Morgan fingerprint density at radius 3 is 2.36 bits per heavy atom. The zero-order valence-electron chi connectivity index (χ0n) is 6.96. The fraction of sp³-hybridized carbons (Fsp3) is 1.00. The van der Waals surface area contributed by atoms with Gasteiger partial charge in [-0.2, -0.15) is 0 Å². The van der Waals surface area contributed by atoms with Crippen molar-refractivity contribution in [3.63, 3.8) is 0 Å². The van der Waals surface area contributed by atoms with Gasteiger partial charge in [-0.15, -0.1) is 0 Å². The average molecular weight is 433 g/mol. The van der Waals surface area contributed by atoms with Gasteiger partial charge < -0.3 is 0 Å². The summed E-state index contributed by atoms with van der Waals surface area (Å²) >= 11 is 1.43. The normalized spacial score (nSPS) is 44.2. The zero-order valence-corrected chi connectivity index (χ0v) is 11.3. The molecule has 5 unspecified atom stereocenters. The molecule has 5 atom stereocenters. The van der Waals surface area contributed by atoms with E-state index in [1.54, 1.807) is 0 Å². The van der Waals surface area contributed by atoms with Crippen molar-refractivity contribution in [2.75, 3.05) is 6.61 Å². The number of aliphatic hydroxyl groups is 4. The van der Waals surface area contributed by atoms with Gasteiger partial charge in [0.05, 0.1) is 0 Å². The Hall–Kier alpha value is 1.22. The number of ether oxygens (including phenoxy) is 1. The van der Waals surface area contributed by atoms with Crippen molar-refractivity contribution < 1.29 is 45.9 Å². The molecular weight excluding hydrogens is 422 g/mol. The van der Waals surface area contributed by atoms with Crippen molar-refractivity contribution in [3.8, 4) is 0 Å². The van der Waals surface area contributed by atoms with Crippen molar-refractivity contribution in [1.82, 2.24) is 0 Å². The van der Waals surface area contributed by atoms with E-state index in [4.69, 9.17) is 12.9 Å². The molecule has 1 aliphatic rings. The Kier molecular flexibility index (Phi) is 5.77. The molecule has 86 valence electrons. The van der Waals surface area contributed by atoms with Crippen LogP contribution < -0.4 is 17.6 Å². The van der Waals surface area contributed by atoms with Gasteiger partial charge in [0.15, 0.2) is 0 Å². The molecule has 1 heterocycles. The average Bonchev–Trinajstić information content (AvgIpc) is 2.19. The van der Waals surface area contributed by atoms with Crippen LogP contribution in [0, 0.1) is 0 Å². The monoisotopic (exact) mass is 433 g/mol. The van der Waals surface area contributed by atoms with Gasteiger partial charge in [0.1, 0.15) is 0 Å². The predicted molar refractivity (Wildman–Crippen MR) is 48.9 cm³/mol. The van der Waals surface area contributed by atoms with Gasteiger partial charge >= 0.3 is 102 Å². The molecule has 1 aliphatic heterocycles. The summed E-state index contributed by atoms with van der Waals surface area (Å²) in [7, 11) is 0. The van der Waals surface area contributed by atoms with E-state index in [9.17, 15) is 15.3 Å². The second-order valence-electron chi connectivity index (χ2n) is 2.84. The van der Waals surface area contributed by atoms with E-state index in [1.165, 1.54) is 0 Å². The van der Waals surface area contributed by atoms with Gasteiger partial charge in [-0.05, 0) is 0 Å². The molecule has 0 aromatic carbocycles. The van der Waals surface area contributed by atoms with Crippen LogP contribution in [0.1, 0.15) is 0 Å². The Bertz CT molecular complexity index is 178. The van der Waals surface area contributed by atoms with Crippen LogP contribution >= 0.6 is 18.6 Å². The molecule has 0 bridgehead atoms. The van der Waals surface area contributed by atoms with E-state index in [-0.39, 0.29) is 0 Å². The van der Waals surface area contributed by atoms with Gasteiger partial charge in [0.2, 0.25) is 0 Å². The Labute approximate surface area is 101 Å². The van der Waals surface area contributed by atoms with E-state index in [0.29, 0.717) is 0 Å². The molecule has 0 spiro atoms. The standard InChI is InChI=1S/C6H11I2O6/c7-8-14-6-5(12)4(11)3(10)2(1-9)13-6/h2-6,9-12H,1H2/q-1. The quantitative estimate of drug-likeness (QED) is 0.334. The molecule has 0 aliphatic carbocycles. The van der Waals surface area contributed by atoms with Gasteiger partial charge in [-0.25, -0.2) is 0 Å². The first kappa shape index (κ1) is 13.3. The van der Waals surface area contributed by atoms with Crippen LogP contribution in [0.15, 0.2) is 0 Å². The minimum atomic E-state index is -1.35. The molecule has 1 rings (SSSR count). The van der Waals surface area contributed by atoms with Crippen LogP contribution in [-0.2, 0) is 7.80 Å². The Morgan fingerprint density at radius 1 is 1.21 bits per heavy atom. The number of aliphatic hydroxyl groups excluding tert-OH is 4. The Balaban J connectivity index is 2.63. The SMILES string of the molecule is OCC1OC(O[I-]I)C(O)C(O)C1O. The third-order valence-electron chi connectivity index (χ3n) is 1.97. The van der Waals surface area contributed by atoms with Crippen LogP contribution in [0.2, 0.25) is 0 Å². The molecule has 14 heavy (non-hydrogen) atoms. The summed E-state index contributed by atoms with van der Waals surface area (Å²) in [4.78, 5) is 0. The summed E-state index contributed by atoms with van der Waals surface area (Å²) in [6.45, 7) is -0.426. The molecule has 0 radical (unpaired) electrons. The third-order valence-corrected chi connectivity index (χ3v) is 3.95. The Morgan fingerprint density at radius 2 is 1.86 bits per heavy atom. The predicted octanol–water partition coefficient (Wildman–Crippen LogP) is -4.84. The second-order valence-corrected chi connectivity index (χ2v) is 5.92. The number of hydrogen-bond donors (Lipinski definition) is 4. The van der Waals surface area contributed by atoms with E-state index >= 15 is 0 Å². The van der Waals surface area contributed by atoms with E-state index in [2.05, 4.69) is 0 Å². The molecule has 8 heteroatoms. The van der Waals surface area contributed by atoms with Gasteiger partial charge in [0.25, 0.3) is 0 Å². The topological polar surface area (TPSA) is 99.4 Å². The van der Waals surface area contributed by atoms with Crippen molar-refractivity contribution in [1.29, 1.82) is 0 Å². The molecule has 1 fully saturated rings. The van der Waals surface area contributed by atoms with E-state index in [0.717, 1.165) is 0 Å². The fourth-order valence-electron chi connectivity index (χ4n) is 1.17. The van der Waals surface area contributed by atoms with Crippen molar-refractivity contribution in [3.05, 3.63) is 0 Å². The molecular formula is C6H11I2O6-. The number of hydrogen-bond acceptors (Lipinski definition) is 6. The van der Waals surface area contributed by atoms with Crippen LogP contribution in [0.5, 0.6) is 0 Å². The summed E-state index contributed by atoms with van der Waals surface area (Å²) in [6.07, 6.45) is -5.79. The molecule has 1 saturated heterocycles. The van der Waals surface area contributed by atoms with Crippen molar-refractivity contribution >= 4 is 18.6 Å². The van der Waals surface area contributed by atoms with Gasteiger partial charge in [-0.3, -0.25) is 0 Å². The maximum absolute atomic E-state index is 9.42. The van der Waals surface area contributed by atoms with Crippen molar-refractivity contribution in [2.45, 2.75) is 30.7 Å². The van der Waals surface area contributed by atoms with Crippen LogP contribution in [-0.4, -0.2) is 57.7 Å². The number of rotatable bonds is 3. The van der Waals surface area contributed by atoms with Gasteiger partial charge in [0, 0.05) is 0 Å². The summed E-state index contributed by atoms with van der Waals surface area (Å²) < 4.78 is 10.1. The minimum absolute atomic E-state index is 0.426. The zero-order chi connectivity index (χ0) is 10.7.